The molecule has 3 rings (SSSR count). The van der Waals surface area contributed by atoms with Crippen molar-refractivity contribution in [2.75, 3.05) is 5.32 Å². The quantitative estimate of drug-likeness (QED) is 0.853. The van der Waals surface area contributed by atoms with E-state index in [1.807, 2.05) is 13.0 Å². The normalized spacial score (nSPS) is 16.7. The Labute approximate surface area is 113 Å². The average Bonchev–Trinajstić information content (AvgIpc) is 2.41. The van der Waals surface area contributed by atoms with Crippen LogP contribution in [0, 0.1) is 6.92 Å². The number of hydrogen-bond acceptors (Lipinski definition) is 3. The topological polar surface area (TPSA) is 45.1 Å². The second-order valence-electron chi connectivity index (χ2n) is 5.49. The minimum atomic E-state index is 0.296. The number of phenolic OH excluding ortho intramolecular Hbond substituents is 1. The lowest BCUT2D eigenvalue weighted by atomic mass is 9.95. The van der Waals surface area contributed by atoms with Crippen molar-refractivity contribution in [3.05, 3.63) is 30.0 Å². The van der Waals surface area contributed by atoms with Crippen LogP contribution in [-0.4, -0.2) is 16.1 Å². The molecule has 0 atom stereocenters. The maximum absolute atomic E-state index is 9.67. The zero-order valence-electron chi connectivity index (χ0n) is 11.3. The van der Waals surface area contributed by atoms with E-state index in [0.717, 1.165) is 22.3 Å². The second kappa shape index (κ2) is 5.08. The molecule has 1 aliphatic rings. The molecule has 0 saturated heterocycles. The molecule has 0 aliphatic heterocycles. The van der Waals surface area contributed by atoms with E-state index in [9.17, 15) is 5.11 Å². The first-order chi connectivity index (χ1) is 9.22. The highest BCUT2D eigenvalue weighted by Gasteiger charge is 2.14. The molecule has 2 aromatic rings. The van der Waals surface area contributed by atoms with Crippen LogP contribution in [0.3, 0.4) is 0 Å². The summed E-state index contributed by atoms with van der Waals surface area (Å²) in [4.78, 5) is 4.52. The van der Waals surface area contributed by atoms with Gasteiger partial charge in [-0.3, -0.25) is 4.98 Å². The van der Waals surface area contributed by atoms with Gasteiger partial charge in [0.05, 0.1) is 5.52 Å². The molecule has 3 heteroatoms. The highest BCUT2D eigenvalue weighted by molar-refractivity contribution is 5.92. The maximum atomic E-state index is 9.67. The van der Waals surface area contributed by atoms with E-state index >= 15 is 0 Å². The van der Waals surface area contributed by atoms with Crippen LogP contribution in [0.2, 0.25) is 0 Å². The number of rotatable bonds is 2. The number of hydrogen-bond donors (Lipinski definition) is 2. The Morgan fingerprint density at radius 3 is 2.74 bits per heavy atom. The molecule has 0 spiro atoms. The molecule has 0 bridgehead atoms. The van der Waals surface area contributed by atoms with Gasteiger partial charge < -0.3 is 10.4 Å². The first-order valence-electron chi connectivity index (χ1n) is 7.09. The number of nitrogens with zero attached hydrogens (tertiary/aromatic N) is 1. The third kappa shape index (κ3) is 2.65. The number of aryl methyl sites for hydroxylation is 1. The van der Waals surface area contributed by atoms with Gasteiger partial charge in [-0.2, -0.15) is 0 Å². The number of fused-ring (bicyclic) bond motifs is 1. The number of nitrogens with one attached hydrogen (secondary N) is 1. The summed E-state index contributed by atoms with van der Waals surface area (Å²) in [6.45, 7) is 2.01. The van der Waals surface area contributed by atoms with Crippen molar-refractivity contribution < 1.29 is 5.11 Å². The fraction of sp³-hybridized carbons (Fsp3) is 0.438. The molecule has 3 nitrogen and oxygen atoms in total. The number of phenols is 1. The zero-order chi connectivity index (χ0) is 13.2. The average molecular weight is 256 g/mol. The fourth-order valence-electron chi connectivity index (χ4n) is 2.93. The molecule has 1 heterocycles. The van der Waals surface area contributed by atoms with Crippen LogP contribution in [0.4, 0.5) is 5.69 Å². The van der Waals surface area contributed by atoms with Crippen molar-refractivity contribution in [1.29, 1.82) is 0 Å². The minimum absolute atomic E-state index is 0.296. The third-order valence-corrected chi connectivity index (χ3v) is 3.89. The Kier molecular flexibility index (Phi) is 3.28. The standard InChI is InChI=1S/C16H20N2O/c1-11-9-16(18-12-5-3-2-4-6-12)14-10-13(19)7-8-15(14)17-11/h7-10,12,19H,2-6H2,1H3,(H,17,18). The summed E-state index contributed by atoms with van der Waals surface area (Å²) in [5.41, 5.74) is 3.05. The van der Waals surface area contributed by atoms with Gasteiger partial charge in [0.15, 0.2) is 0 Å². The Balaban J connectivity index is 1.98. The summed E-state index contributed by atoms with van der Waals surface area (Å²) in [6, 6.07) is 8.01. The van der Waals surface area contributed by atoms with Crippen LogP contribution in [0.15, 0.2) is 24.3 Å². The molecule has 19 heavy (non-hydrogen) atoms. The predicted octanol–water partition coefficient (Wildman–Crippen LogP) is 3.99. The molecule has 100 valence electrons. The van der Waals surface area contributed by atoms with Crippen molar-refractivity contribution in [3.63, 3.8) is 0 Å². The predicted molar refractivity (Wildman–Crippen MR) is 78.6 cm³/mol. The molecule has 0 unspecified atom stereocenters. The van der Waals surface area contributed by atoms with Gasteiger partial charge in [0.1, 0.15) is 5.75 Å². The summed E-state index contributed by atoms with van der Waals surface area (Å²) < 4.78 is 0. The lowest BCUT2D eigenvalue weighted by molar-refractivity contribution is 0.463. The Bertz CT molecular complexity index is 589. The van der Waals surface area contributed by atoms with Crippen molar-refractivity contribution in [3.8, 4) is 5.75 Å². The van der Waals surface area contributed by atoms with Crippen LogP contribution < -0.4 is 5.32 Å². The lowest BCUT2D eigenvalue weighted by Crippen LogP contribution is -2.22. The fourth-order valence-corrected chi connectivity index (χ4v) is 2.93. The molecule has 1 fully saturated rings. The maximum Gasteiger partial charge on any atom is 0.116 e. The van der Waals surface area contributed by atoms with Crippen molar-refractivity contribution >= 4 is 16.6 Å². The molecule has 0 amide bonds. The minimum Gasteiger partial charge on any atom is -0.508 e. The van der Waals surface area contributed by atoms with Crippen LogP contribution >= 0.6 is 0 Å². The van der Waals surface area contributed by atoms with Gasteiger partial charge in [0, 0.05) is 22.8 Å². The van der Waals surface area contributed by atoms with Gasteiger partial charge in [0.25, 0.3) is 0 Å². The van der Waals surface area contributed by atoms with Crippen LogP contribution in [-0.2, 0) is 0 Å². The van der Waals surface area contributed by atoms with E-state index in [1.165, 1.54) is 32.1 Å². The van der Waals surface area contributed by atoms with Crippen LogP contribution in [0.25, 0.3) is 10.9 Å². The summed E-state index contributed by atoms with van der Waals surface area (Å²) >= 11 is 0. The Morgan fingerprint density at radius 2 is 1.95 bits per heavy atom. The Morgan fingerprint density at radius 1 is 1.16 bits per heavy atom. The molecular formula is C16H20N2O. The van der Waals surface area contributed by atoms with Gasteiger partial charge in [-0.15, -0.1) is 0 Å². The van der Waals surface area contributed by atoms with E-state index in [4.69, 9.17) is 0 Å². The molecule has 1 aromatic carbocycles. The monoisotopic (exact) mass is 256 g/mol. The van der Waals surface area contributed by atoms with E-state index in [0.29, 0.717) is 11.8 Å². The lowest BCUT2D eigenvalue weighted by Gasteiger charge is -2.24. The van der Waals surface area contributed by atoms with Crippen LogP contribution in [0.5, 0.6) is 5.75 Å². The third-order valence-electron chi connectivity index (χ3n) is 3.89. The second-order valence-corrected chi connectivity index (χ2v) is 5.49. The first kappa shape index (κ1) is 12.3. The van der Waals surface area contributed by atoms with Gasteiger partial charge in [-0.25, -0.2) is 0 Å². The summed E-state index contributed by atoms with van der Waals surface area (Å²) in [5.74, 6) is 0.296. The summed E-state index contributed by atoms with van der Waals surface area (Å²) in [5, 5.41) is 14.3. The van der Waals surface area contributed by atoms with E-state index in [2.05, 4.69) is 16.4 Å². The smallest absolute Gasteiger partial charge is 0.116 e. The molecule has 0 radical (unpaired) electrons. The Hall–Kier alpha value is -1.77. The van der Waals surface area contributed by atoms with Crippen molar-refractivity contribution in [2.24, 2.45) is 0 Å². The highest BCUT2D eigenvalue weighted by atomic mass is 16.3. The molecular weight excluding hydrogens is 236 g/mol. The van der Waals surface area contributed by atoms with Gasteiger partial charge in [-0.1, -0.05) is 19.3 Å². The van der Waals surface area contributed by atoms with Crippen LogP contribution in [0.1, 0.15) is 37.8 Å². The van der Waals surface area contributed by atoms with E-state index in [1.54, 1.807) is 12.1 Å². The summed E-state index contributed by atoms with van der Waals surface area (Å²) in [7, 11) is 0. The van der Waals surface area contributed by atoms with E-state index in [-0.39, 0.29) is 0 Å². The number of anilines is 1. The number of pyridine rings is 1. The SMILES string of the molecule is Cc1cc(NC2CCCCC2)c2cc(O)ccc2n1. The van der Waals surface area contributed by atoms with Gasteiger partial charge in [-0.05, 0) is 44.0 Å². The zero-order valence-corrected chi connectivity index (χ0v) is 11.3. The molecule has 1 saturated carbocycles. The van der Waals surface area contributed by atoms with Crippen molar-refractivity contribution in [1.82, 2.24) is 4.98 Å². The largest absolute Gasteiger partial charge is 0.508 e. The van der Waals surface area contributed by atoms with E-state index < -0.39 is 0 Å². The highest BCUT2D eigenvalue weighted by Crippen LogP contribution is 2.29. The number of aromatic hydroxyl groups is 1. The molecule has 2 N–H and O–H groups in total. The number of aromatic nitrogens is 1. The van der Waals surface area contributed by atoms with Gasteiger partial charge in [0.2, 0.25) is 0 Å². The first-order valence-corrected chi connectivity index (χ1v) is 7.09. The van der Waals surface area contributed by atoms with Gasteiger partial charge >= 0.3 is 0 Å². The van der Waals surface area contributed by atoms with Crippen molar-refractivity contribution in [2.45, 2.75) is 45.1 Å². The molecule has 1 aliphatic carbocycles. The molecule has 1 aromatic heterocycles. The summed E-state index contributed by atoms with van der Waals surface area (Å²) in [6.07, 6.45) is 6.45. The number of benzene rings is 1.